The summed E-state index contributed by atoms with van der Waals surface area (Å²) in [6.07, 6.45) is 4.37. The molecule has 0 fully saturated rings. The molecule has 2 heterocycles. The van der Waals surface area contributed by atoms with E-state index in [0.29, 0.717) is 5.82 Å². The minimum Gasteiger partial charge on any atom is -0.488 e. The summed E-state index contributed by atoms with van der Waals surface area (Å²) in [5.41, 5.74) is 5.13. The zero-order valence-electron chi connectivity index (χ0n) is 8.88. The Morgan fingerprint density at radius 3 is 3.00 bits per heavy atom. The van der Waals surface area contributed by atoms with Crippen LogP contribution in [0.1, 0.15) is 5.82 Å². The van der Waals surface area contributed by atoms with Gasteiger partial charge in [0.1, 0.15) is 4.99 Å². The molecule has 0 aliphatic carbocycles. The van der Waals surface area contributed by atoms with Crippen LogP contribution in [-0.2, 0) is 0 Å². The van der Waals surface area contributed by atoms with E-state index in [2.05, 4.69) is 15.0 Å². The number of ether oxygens (including phenoxy) is 1. The van der Waals surface area contributed by atoms with E-state index in [0.717, 1.165) is 0 Å². The van der Waals surface area contributed by atoms with E-state index in [4.69, 9.17) is 22.7 Å². The Bertz CT molecular complexity index is 618. The predicted octanol–water partition coefficient (Wildman–Crippen LogP) is -0.402. The molecule has 2 aromatic heterocycles. The molecular formula is C9H9N5O2S. The molecule has 17 heavy (non-hydrogen) atoms. The molecule has 0 bridgehead atoms. The second-order valence-corrected chi connectivity index (χ2v) is 3.51. The maximum absolute atomic E-state index is 11.5. The van der Waals surface area contributed by atoms with E-state index < -0.39 is 0 Å². The van der Waals surface area contributed by atoms with E-state index in [1.807, 2.05) is 0 Å². The van der Waals surface area contributed by atoms with Gasteiger partial charge in [0.25, 0.3) is 5.56 Å². The van der Waals surface area contributed by atoms with Crippen molar-refractivity contribution in [2.24, 2.45) is 5.73 Å². The van der Waals surface area contributed by atoms with Crippen LogP contribution >= 0.6 is 12.2 Å². The Balaban J connectivity index is 2.69. The van der Waals surface area contributed by atoms with Gasteiger partial charge in [-0.3, -0.25) is 9.36 Å². The number of H-pyrrole nitrogens is 1. The van der Waals surface area contributed by atoms with Crippen molar-refractivity contribution in [3.05, 3.63) is 34.9 Å². The van der Waals surface area contributed by atoms with Crippen molar-refractivity contribution in [3.63, 3.8) is 0 Å². The Labute approximate surface area is 101 Å². The van der Waals surface area contributed by atoms with E-state index in [-0.39, 0.29) is 22.1 Å². The molecule has 2 aromatic rings. The largest absolute Gasteiger partial charge is 0.488 e. The first kappa shape index (κ1) is 11.3. The quantitative estimate of drug-likeness (QED) is 0.720. The number of nitrogens with one attached hydrogen (secondary N) is 1. The van der Waals surface area contributed by atoms with E-state index in [1.54, 1.807) is 6.20 Å². The van der Waals surface area contributed by atoms with Gasteiger partial charge in [0.05, 0.1) is 13.4 Å². The molecule has 0 saturated carbocycles. The number of thiocarbonyl (C=S) groups is 1. The molecule has 0 aliphatic heterocycles. The summed E-state index contributed by atoms with van der Waals surface area (Å²) in [5, 5.41) is 0. The summed E-state index contributed by atoms with van der Waals surface area (Å²) in [4.78, 5) is 22.1. The molecule has 8 heteroatoms. The summed E-state index contributed by atoms with van der Waals surface area (Å²) in [6, 6.07) is 0. The van der Waals surface area contributed by atoms with Gasteiger partial charge in [-0.05, 0) is 0 Å². The molecule has 0 spiro atoms. The van der Waals surface area contributed by atoms with Gasteiger partial charge in [-0.15, -0.1) is 0 Å². The van der Waals surface area contributed by atoms with E-state index in [9.17, 15) is 4.79 Å². The Morgan fingerprint density at radius 2 is 2.35 bits per heavy atom. The number of hydrogen-bond donors (Lipinski definition) is 2. The van der Waals surface area contributed by atoms with Gasteiger partial charge in [-0.25, -0.2) is 9.97 Å². The van der Waals surface area contributed by atoms with Crippen LogP contribution in [0.25, 0.3) is 5.82 Å². The highest BCUT2D eigenvalue weighted by atomic mass is 32.1. The van der Waals surface area contributed by atoms with E-state index in [1.165, 1.54) is 24.2 Å². The molecule has 3 N–H and O–H groups in total. The van der Waals surface area contributed by atoms with Gasteiger partial charge in [0.2, 0.25) is 5.75 Å². The summed E-state index contributed by atoms with van der Waals surface area (Å²) in [7, 11) is 1.38. The lowest BCUT2D eigenvalue weighted by molar-refractivity contribution is 0.403. The molecule has 0 saturated heterocycles. The lowest BCUT2D eigenvalue weighted by atomic mass is 10.4. The first-order valence-electron chi connectivity index (χ1n) is 4.60. The minimum absolute atomic E-state index is 0.0722. The highest BCUT2D eigenvalue weighted by Crippen LogP contribution is 2.15. The molecule has 0 aromatic carbocycles. The maximum Gasteiger partial charge on any atom is 0.295 e. The Morgan fingerprint density at radius 1 is 1.59 bits per heavy atom. The SMILES string of the molecule is COc1c(-n2ccnc2C(N)=S)nc[nH]c1=O. The van der Waals surface area contributed by atoms with Crippen molar-refractivity contribution < 1.29 is 4.74 Å². The third-order valence-electron chi connectivity index (χ3n) is 2.09. The number of hydrogen-bond acceptors (Lipinski definition) is 5. The molecule has 7 nitrogen and oxygen atoms in total. The van der Waals surface area contributed by atoms with Gasteiger partial charge in [-0.1, -0.05) is 12.2 Å². The molecule has 2 rings (SSSR count). The molecule has 0 amide bonds. The second kappa shape index (κ2) is 4.34. The first-order valence-corrected chi connectivity index (χ1v) is 5.01. The minimum atomic E-state index is -0.389. The fraction of sp³-hybridized carbons (Fsp3) is 0.111. The normalized spacial score (nSPS) is 10.2. The van der Waals surface area contributed by atoms with Gasteiger partial charge < -0.3 is 15.5 Å². The molecular weight excluding hydrogens is 242 g/mol. The lowest BCUT2D eigenvalue weighted by Gasteiger charge is -2.08. The highest BCUT2D eigenvalue weighted by Gasteiger charge is 2.15. The number of aromatic amines is 1. The smallest absolute Gasteiger partial charge is 0.295 e. The van der Waals surface area contributed by atoms with Crippen molar-refractivity contribution in [1.82, 2.24) is 19.5 Å². The first-order chi connectivity index (χ1) is 8.15. The van der Waals surface area contributed by atoms with Crippen molar-refractivity contribution in [2.45, 2.75) is 0 Å². The summed E-state index contributed by atoms with van der Waals surface area (Å²) >= 11 is 4.86. The van der Waals surface area contributed by atoms with Crippen molar-refractivity contribution in [2.75, 3.05) is 7.11 Å². The van der Waals surface area contributed by atoms with Gasteiger partial charge in [0.15, 0.2) is 11.6 Å². The molecule has 88 valence electrons. The Hall–Kier alpha value is -2.22. The highest BCUT2D eigenvalue weighted by molar-refractivity contribution is 7.80. The second-order valence-electron chi connectivity index (χ2n) is 3.07. The lowest BCUT2D eigenvalue weighted by Crippen LogP contribution is -2.19. The van der Waals surface area contributed by atoms with E-state index >= 15 is 0 Å². The van der Waals surface area contributed by atoms with Crippen LogP contribution in [0.5, 0.6) is 5.75 Å². The zero-order valence-corrected chi connectivity index (χ0v) is 9.69. The molecule has 0 aliphatic rings. The summed E-state index contributed by atoms with van der Waals surface area (Å²) in [5.74, 6) is 0.705. The van der Waals surface area contributed by atoms with Crippen LogP contribution < -0.4 is 16.0 Å². The third kappa shape index (κ3) is 1.89. The Kier molecular flexibility index (Phi) is 2.88. The molecule has 0 radical (unpaired) electrons. The number of methoxy groups -OCH3 is 1. The van der Waals surface area contributed by atoms with Crippen LogP contribution in [-0.4, -0.2) is 31.6 Å². The number of nitrogens with two attached hydrogens (primary N) is 1. The van der Waals surface area contributed by atoms with Crippen molar-refractivity contribution in [3.8, 4) is 11.6 Å². The average Bonchev–Trinajstić information content (AvgIpc) is 2.77. The number of nitrogens with zero attached hydrogens (tertiary/aromatic N) is 3. The van der Waals surface area contributed by atoms with Crippen LogP contribution in [0, 0.1) is 0 Å². The predicted molar refractivity (Wildman–Crippen MR) is 64.4 cm³/mol. The monoisotopic (exact) mass is 251 g/mol. The third-order valence-corrected chi connectivity index (χ3v) is 2.27. The van der Waals surface area contributed by atoms with Gasteiger partial charge >= 0.3 is 0 Å². The van der Waals surface area contributed by atoms with Crippen LogP contribution in [0.3, 0.4) is 0 Å². The van der Waals surface area contributed by atoms with Gasteiger partial charge in [0, 0.05) is 12.4 Å². The number of rotatable bonds is 3. The fourth-order valence-corrected chi connectivity index (χ4v) is 1.54. The maximum atomic E-state index is 11.5. The topological polar surface area (TPSA) is 98.8 Å². The zero-order chi connectivity index (χ0) is 12.4. The average molecular weight is 251 g/mol. The molecule has 0 atom stereocenters. The van der Waals surface area contributed by atoms with Crippen LogP contribution in [0.4, 0.5) is 0 Å². The standard InChI is InChI=1S/C9H9N5O2S/c1-16-5-7(12-4-13-9(5)15)14-3-2-11-8(14)6(10)17/h2-4H,1H3,(H2,10,17)(H,12,13,15). The van der Waals surface area contributed by atoms with Crippen molar-refractivity contribution in [1.29, 1.82) is 0 Å². The molecule has 0 unspecified atom stereocenters. The van der Waals surface area contributed by atoms with Crippen LogP contribution in [0.15, 0.2) is 23.5 Å². The summed E-state index contributed by atoms with van der Waals surface area (Å²) in [6.45, 7) is 0. The summed E-state index contributed by atoms with van der Waals surface area (Å²) < 4.78 is 6.49. The van der Waals surface area contributed by atoms with Crippen molar-refractivity contribution >= 4 is 17.2 Å². The van der Waals surface area contributed by atoms with Gasteiger partial charge in [-0.2, -0.15) is 0 Å². The van der Waals surface area contributed by atoms with Crippen LogP contribution in [0.2, 0.25) is 0 Å². The fourth-order valence-electron chi connectivity index (χ4n) is 1.39. The number of imidazole rings is 1. The number of aromatic nitrogens is 4.